The molecule has 6 nitrogen and oxygen atoms in total. The quantitative estimate of drug-likeness (QED) is 0.882. The normalized spacial score (nSPS) is 26.6. The van der Waals surface area contributed by atoms with Gasteiger partial charge < -0.3 is 5.73 Å². The smallest absolute Gasteiger partial charge is 0.214 e. The van der Waals surface area contributed by atoms with E-state index < -0.39 is 10.0 Å². The number of aromatic nitrogens is 1. The number of hydrogen-bond donors (Lipinski definition) is 1. The summed E-state index contributed by atoms with van der Waals surface area (Å²) in [4.78, 5) is 7.53. The molecule has 21 heavy (non-hydrogen) atoms. The Hall–Kier alpha value is -0.410. The van der Waals surface area contributed by atoms with E-state index in [-0.39, 0.29) is 18.4 Å². The second-order valence-electron chi connectivity index (χ2n) is 5.48. The zero-order valence-electron chi connectivity index (χ0n) is 11.8. The van der Waals surface area contributed by atoms with Crippen LogP contribution in [-0.4, -0.2) is 54.0 Å². The largest absolute Gasteiger partial charge is 0.375 e. The summed E-state index contributed by atoms with van der Waals surface area (Å²) in [6, 6.07) is 0.140. The van der Waals surface area contributed by atoms with Crippen molar-refractivity contribution in [2.24, 2.45) is 0 Å². The number of likely N-dealkylation sites (tertiary alicyclic amines) is 1. The molecule has 120 valence electrons. The predicted molar refractivity (Wildman–Crippen MR) is 87.2 cm³/mol. The molecule has 0 radical (unpaired) electrons. The second kappa shape index (κ2) is 6.78. The molecule has 1 atom stereocenters. The van der Waals surface area contributed by atoms with Crippen LogP contribution in [0.5, 0.6) is 0 Å². The average molecular weight is 353 g/mol. The standard InChI is InChI=1S/C12H20N4O2S2.ClH/c13-12-14-7-11(19-12)9-15-4-1-3-10(8-15)16-5-2-6-20(16,17)18;/h7,10H,1-6,8-9H2,(H2,13,14);1H. The van der Waals surface area contributed by atoms with Crippen molar-refractivity contribution in [3.63, 3.8) is 0 Å². The van der Waals surface area contributed by atoms with Gasteiger partial charge in [-0.05, 0) is 25.8 Å². The van der Waals surface area contributed by atoms with Gasteiger partial charge >= 0.3 is 0 Å². The van der Waals surface area contributed by atoms with E-state index in [0.717, 1.165) is 43.8 Å². The number of thiazole rings is 1. The van der Waals surface area contributed by atoms with Gasteiger partial charge in [-0.25, -0.2) is 13.4 Å². The van der Waals surface area contributed by atoms with Crippen LogP contribution < -0.4 is 5.73 Å². The highest BCUT2D eigenvalue weighted by Gasteiger charge is 2.36. The molecule has 3 rings (SSSR count). The van der Waals surface area contributed by atoms with Crippen molar-refractivity contribution in [1.82, 2.24) is 14.2 Å². The minimum Gasteiger partial charge on any atom is -0.375 e. The van der Waals surface area contributed by atoms with Crippen LogP contribution in [0, 0.1) is 0 Å². The Balaban J connectivity index is 0.00000161. The van der Waals surface area contributed by atoms with Crippen LogP contribution >= 0.6 is 23.7 Å². The number of anilines is 1. The number of nitrogens with zero attached hydrogens (tertiary/aromatic N) is 3. The maximum atomic E-state index is 12.0. The van der Waals surface area contributed by atoms with E-state index in [1.54, 1.807) is 4.31 Å². The number of piperidine rings is 1. The van der Waals surface area contributed by atoms with Gasteiger partial charge in [0.2, 0.25) is 10.0 Å². The van der Waals surface area contributed by atoms with E-state index in [9.17, 15) is 8.42 Å². The molecule has 1 aromatic rings. The first-order valence-corrected chi connectivity index (χ1v) is 9.39. The van der Waals surface area contributed by atoms with Crippen LogP contribution in [0.2, 0.25) is 0 Å². The van der Waals surface area contributed by atoms with E-state index in [4.69, 9.17) is 5.73 Å². The Morgan fingerprint density at radius 3 is 2.81 bits per heavy atom. The van der Waals surface area contributed by atoms with E-state index in [2.05, 4.69) is 9.88 Å². The number of sulfonamides is 1. The summed E-state index contributed by atoms with van der Waals surface area (Å²) in [6.07, 6.45) is 4.60. The summed E-state index contributed by atoms with van der Waals surface area (Å²) in [7, 11) is -3.00. The molecule has 2 fully saturated rings. The first-order valence-electron chi connectivity index (χ1n) is 6.97. The molecule has 0 spiro atoms. The van der Waals surface area contributed by atoms with Gasteiger partial charge in [-0.3, -0.25) is 4.90 Å². The summed E-state index contributed by atoms with van der Waals surface area (Å²) in [6.45, 7) is 3.34. The lowest BCUT2D eigenvalue weighted by Gasteiger charge is -2.36. The molecule has 1 unspecified atom stereocenters. The maximum absolute atomic E-state index is 12.0. The SMILES string of the molecule is Cl.Nc1ncc(CN2CCCC(N3CCCS3(=O)=O)C2)s1. The fourth-order valence-electron chi connectivity index (χ4n) is 3.09. The van der Waals surface area contributed by atoms with Crippen LogP contribution in [0.1, 0.15) is 24.1 Å². The van der Waals surface area contributed by atoms with Gasteiger partial charge in [-0.15, -0.1) is 23.7 Å². The lowest BCUT2D eigenvalue weighted by atomic mass is 10.1. The zero-order valence-corrected chi connectivity index (χ0v) is 14.2. The first-order chi connectivity index (χ1) is 9.54. The first kappa shape index (κ1) is 17.0. The lowest BCUT2D eigenvalue weighted by molar-refractivity contribution is 0.147. The highest BCUT2D eigenvalue weighted by Crippen LogP contribution is 2.25. The molecule has 1 aromatic heterocycles. The number of rotatable bonds is 3. The Bertz CT molecular complexity index is 578. The zero-order chi connectivity index (χ0) is 14.2. The summed E-state index contributed by atoms with van der Waals surface area (Å²) in [5.41, 5.74) is 5.65. The summed E-state index contributed by atoms with van der Waals surface area (Å²) in [5.74, 6) is 0.314. The molecule has 2 N–H and O–H groups in total. The van der Waals surface area contributed by atoms with Gasteiger partial charge in [-0.2, -0.15) is 4.31 Å². The molecule has 0 aliphatic carbocycles. The molecular weight excluding hydrogens is 332 g/mol. The number of nitrogen functional groups attached to an aromatic ring is 1. The maximum Gasteiger partial charge on any atom is 0.214 e. The van der Waals surface area contributed by atoms with Crippen LogP contribution in [0.4, 0.5) is 5.13 Å². The third-order valence-corrected chi connectivity index (χ3v) is 6.79. The second-order valence-corrected chi connectivity index (χ2v) is 8.66. The molecule has 0 aromatic carbocycles. The van der Waals surface area contributed by atoms with Crippen molar-refractivity contribution in [2.45, 2.75) is 31.8 Å². The molecular formula is C12H21ClN4O2S2. The van der Waals surface area contributed by atoms with E-state index >= 15 is 0 Å². The van der Waals surface area contributed by atoms with Crippen molar-refractivity contribution in [1.29, 1.82) is 0 Å². The van der Waals surface area contributed by atoms with Crippen LogP contribution in [0.25, 0.3) is 0 Å². The number of halogens is 1. The van der Waals surface area contributed by atoms with Crippen LogP contribution in [0.3, 0.4) is 0 Å². The molecule has 0 saturated carbocycles. The molecule has 0 amide bonds. The van der Waals surface area contributed by atoms with Crippen LogP contribution in [-0.2, 0) is 16.6 Å². The number of nitrogens with two attached hydrogens (primary N) is 1. The van der Waals surface area contributed by atoms with E-state index in [0.29, 0.717) is 17.4 Å². The highest BCUT2D eigenvalue weighted by atomic mass is 35.5. The van der Waals surface area contributed by atoms with Crippen molar-refractivity contribution < 1.29 is 8.42 Å². The Kier molecular flexibility index (Phi) is 5.48. The van der Waals surface area contributed by atoms with Crippen molar-refractivity contribution in [2.75, 3.05) is 31.1 Å². The van der Waals surface area contributed by atoms with E-state index in [1.807, 2.05) is 6.20 Å². The van der Waals surface area contributed by atoms with Gasteiger partial charge in [0, 0.05) is 36.8 Å². The molecule has 2 aliphatic rings. The topological polar surface area (TPSA) is 79.5 Å². The molecule has 2 aliphatic heterocycles. The van der Waals surface area contributed by atoms with E-state index in [1.165, 1.54) is 11.3 Å². The van der Waals surface area contributed by atoms with Gasteiger partial charge in [0.25, 0.3) is 0 Å². The fourth-order valence-corrected chi connectivity index (χ4v) is 5.58. The minimum absolute atomic E-state index is 0. The summed E-state index contributed by atoms with van der Waals surface area (Å²) >= 11 is 1.51. The van der Waals surface area contributed by atoms with Crippen molar-refractivity contribution in [3.8, 4) is 0 Å². The average Bonchev–Trinajstić information content (AvgIpc) is 2.95. The fraction of sp³-hybridized carbons (Fsp3) is 0.750. The molecule has 3 heterocycles. The molecule has 9 heteroatoms. The Morgan fingerprint density at radius 2 is 2.19 bits per heavy atom. The lowest BCUT2D eigenvalue weighted by Crippen LogP contribution is -2.48. The molecule has 0 bridgehead atoms. The monoisotopic (exact) mass is 352 g/mol. The van der Waals surface area contributed by atoms with Gasteiger partial charge in [0.15, 0.2) is 5.13 Å². The number of hydrogen-bond acceptors (Lipinski definition) is 6. The van der Waals surface area contributed by atoms with Gasteiger partial charge in [0.05, 0.1) is 5.75 Å². The van der Waals surface area contributed by atoms with Gasteiger partial charge in [-0.1, -0.05) is 0 Å². The minimum atomic E-state index is -3.00. The third kappa shape index (κ3) is 3.87. The summed E-state index contributed by atoms with van der Waals surface area (Å²) in [5, 5.41) is 0.593. The highest BCUT2D eigenvalue weighted by molar-refractivity contribution is 7.89. The third-order valence-electron chi connectivity index (χ3n) is 3.98. The molecule has 2 saturated heterocycles. The Morgan fingerprint density at radius 1 is 1.38 bits per heavy atom. The Labute approximate surface area is 135 Å². The summed E-state index contributed by atoms with van der Waals surface area (Å²) < 4.78 is 25.7. The van der Waals surface area contributed by atoms with Crippen LogP contribution in [0.15, 0.2) is 6.20 Å². The predicted octanol–water partition coefficient (Wildman–Crippen LogP) is 1.15. The van der Waals surface area contributed by atoms with Crippen molar-refractivity contribution >= 4 is 38.9 Å². The van der Waals surface area contributed by atoms with Crippen molar-refractivity contribution in [3.05, 3.63) is 11.1 Å². The van der Waals surface area contributed by atoms with Gasteiger partial charge in [0.1, 0.15) is 0 Å².